The van der Waals surface area contributed by atoms with Crippen LogP contribution in [0.1, 0.15) is 46.6 Å². The van der Waals surface area contributed by atoms with Gasteiger partial charge in [0.15, 0.2) is 0 Å². The van der Waals surface area contributed by atoms with Gasteiger partial charge in [0.2, 0.25) is 5.91 Å². The van der Waals surface area contributed by atoms with E-state index in [0.717, 1.165) is 17.7 Å². The first-order valence-corrected chi connectivity index (χ1v) is 10.1. The number of carbonyl (C=O) groups excluding carboxylic acids is 2. The minimum atomic E-state index is -0.250. The van der Waals surface area contributed by atoms with Crippen molar-refractivity contribution in [3.63, 3.8) is 0 Å². The Morgan fingerprint density at radius 3 is 2.71 bits per heavy atom. The first-order valence-electron chi connectivity index (χ1n) is 10.1. The van der Waals surface area contributed by atoms with Gasteiger partial charge in [-0.2, -0.15) is 0 Å². The van der Waals surface area contributed by atoms with Gasteiger partial charge in [0.25, 0.3) is 12.4 Å². The molecule has 0 radical (unpaired) electrons. The maximum atomic E-state index is 13.1. The Morgan fingerprint density at radius 1 is 1.29 bits per heavy atom. The predicted octanol–water partition coefficient (Wildman–Crippen LogP) is 1.27. The number of carbonyl (C=O) groups is 3. The highest BCUT2D eigenvalue weighted by molar-refractivity contribution is 5.92. The molecule has 1 aliphatic heterocycles. The SMILES string of the molecule is CO[C@@H]1C[C@@H](C(=O)N2Cc3cnc(C)cc3C2)CC[C@H]1NC(=O)c1cnc[nH]1.O=CO. The maximum Gasteiger partial charge on any atom is 0.290 e. The van der Waals surface area contributed by atoms with Gasteiger partial charge >= 0.3 is 0 Å². The van der Waals surface area contributed by atoms with Crippen LogP contribution in [0.3, 0.4) is 0 Å². The molecule has 0 aromatic carbocycles. The fraction of sp³-hybridized carbons (Fsp3) is 0.476. The summed E-state index contributed by atoms with van der Waals surface area (Å²) >= 11 is 0. The average Bonchev–Trinajstić information content (AvgIpc) is 3.44. The van der Waals surface area contributed by atoms with Gasteiger partial charge in [-0.15, -0.1) is 0 Å². The average molecular weight is 429 g/mol. The van der Waals surface area contributed by atoms with Crippen molar-refractivity contribution in [2.45, 2.75) is 51.4 Å². The highest BCUT2D eigenvalue weighted by Gasteiger charge is 2.38. The first kappa shape index (κ1) is 22.4. The van der Waals surface area contributed by atoms with Crippen molar-refractivity contribution in [2.75, 3.05) is 7.11 Å². The van der Waals surface area contributed by atoms with Crippen LogP contribution in [0.25, 0.3) is 0 Å². The van der Waals surface area contributed by atoms with Crippen molar-refractivity contribution in [3.8, 4) is 0 Å². The number of aromatic nitrogens is 3. The summed E-state index contributed by atoms with van der Waals surface area (Å²) in [5.41, 5.74) is 3.71. The second-order valence-electron chi connectivity index (χ2n) is 7.72. The van der Waals surface area contributed by atoms with Crippen molar-refractivity contribution >= 4 is 18.3 Å². The summed E-state index contributed by atoms with van der Waals surface area (Å²) in [6.07, 6.45) is 6.69. The van der Waals surface area contributed by atoms with Gasteiger partial charge in [0, 0.05) is 38.0 Å². The molecule has 0 spiro atoms. The lowest BCUT2D eigenvalue weighted by Gasteiger charge is -2.36. The molecule has 3 atom stereocenters. The van der Waals surface area contributed by atoms with Crippen LogP contribution in [-0.4, -0.2) is 62.5 Å². The highest BCUT2D eigenvalue weighted by Crippen LogP contribution is 2.31. The number of H-pyrrole nitrogens is 1. The fourth-order valence-electron chi connectivity index (χ4n) is 4.22. The molecule has 0 unspecified atom stereocenters. The third-order valence-electron chi connectivity index (χ3n) is 5.76. The van der Waals surface area contributed by atoms with Gasteiger partial charge in [-0.05, 0) is 43.4 Å². The molecule has 2 aromatic heterocycles. The van der Waals surface area contributed by atoms with E-state index < -0.39 is 0 Å². The molecular weight excluding hydrogens is 402 g/mol. The lowest BCUT2D eigenvalue weighted by Crippen LogP contribution is -2.49. The number of pyridine rings is 1. The quantitative estimate of drug-likeness (QED) is 0.622. The topological polar surface area (TPSA) is 138 Å². The molecule has 2 aliphatic rings. The van der Waals surface area contributed by atoms with Crippen LogP contribution >= 0.6 is 0 Å². The Bertz CT molecular complexity index is 917. The summed E-state index contributed by atoms with van der Waals surface area (Å²) in [5.74, 6) is -0.130. The first-order chi connectivity index (χ1) is 15.0. The monoisotopic (exact) mass is 429 g/mol. The van der Waals surface area contributed by atoms with Crippen LogP contribution in [0.15, 0.2) is 24.8 Å². The Hall–Kier alpha value is -3.27. The number of methoxy groups -OCH3 is 1. The Balaban J connectivity index is 0.000000858. The number of imidazole rings is 1. The summed E-state index contributed by atoms with van der Waals surface area (Å²) in [4.78, 5) is 46.7. The zero-order valence-electron chi connectivity index (χ0n) is 17.6. The van der Waals surface area contributed by atoms with E-state index in [1.165, 1.54) is 18.1 Å². The molecule has 4 rings (SSSR count). The molecule has 3 heterocycles. The van der Waals surface area contributed by atoms with Gasteiger partial charge < -0.3 is 25.0 Å². The second kappa shape index (κ2) is 10.2. The van der Waals surface area contributed by atoms with Crippen LogP contribution in [-0.2, 0) is 27.4 Å². The summed E-state index contributed by atoms with van der Waals surface area (Å²) in [6.45, 7) is 2.98. The number of nitrogens with zero attached hydrogens (tertiary/aromatic N) is 3. The smallest absolute Gasteiger partial charge is 0.290 e. The van der Waals surface area contributed by atoms with E-state index in [2.05, 4.69) is 26.3 Å². The third-order valence-corrected chi connectivity index (χ3v) is 5.76. The molecule has 0 saturated heterocycles. The van der Waals surface area contributed by atoms with Crippen molar-refractivity contribution in [2.24, 2.45) is 5.92 Å². The van der Waals surface area contributed by atoms with Crippen LogP contribution in [0.4, 0.5) is 0 Å². The summed E-state index contributed by atoms with van der Waals surface area (Å²) in [5, 5.41) is 9.89. The lowest BCUT2D eigenvalue weighted by molar-refractivity contribution is -0.139. The normalized spacial score (nSPS) is 22.1. The molecule has 2 aromatic rings. The third kappa shape index (κ3) is 5.26. The molecule has 166 valence electrons. The standard InChI is InChI=1S/C20H25N5O3.CH2O2/c1-12-5-14-9-25(10-15(14)7-22-12)20(27)13-3-4-16(18(6-13)28-2)24-19(26)17-8-21-11-23-17;2-1-3/h5,7-8,11,13,16,18H,3-4,6,9-10H2,1-2H3,(H,21,23)(H,24,26);1H,(H,2,3)/t13-,16+,18+;/m0./s1. The van der Waals surface area contributed by atoms with E-state index in [-0.39, 0.29) is 36.4 Å². The Kier molecular flexibility index (Phi) is 7.35. The number of hydrogen-bond acceptors (Lipinski definition) is 6. The van der Waals surface area contributed by atoms with Gasteiger partial charge in [0.05, 0.1) is 24.7 Å². The van der Waals surface area contributed by atoms with Crippen molar-refractivity contribution in [1.82, 2.24) is 25.2 Å². The van der Waals surface area contributed by atoms with E-state index in [4.69, 9.17) is 14.6 Å². The highest BCUT2D eigenvalue weighted by atomic mass is 16.5. The number of nitrogens with one attached hydrogen (secondary N) is 2. The second-order valence-corrected chi connectivity index (χ2v) is 7.72. The van der Waals surface area contributed by atoms with E-state index >= 15 is 0 Å². The van der Waals surface area contributed by atoms with Crippen LogP contribution in [0, 0.1) is 12.8 Å². The number of carboxylic acid groups (broad SMARTS) is 1. The Labute approximate surface area is 180 Å². The molecule has 0 bridgehead atoms. The number of hydrogen-bond donors (Lipinski definition) is 3. The molecule has 3 N–H and O–H groups in total. The van der Waals surface area contributed by atoms with E-state index in [9.17, 15) is 9.59 Å². The van der Waals surface area contributed by atoms with Gasteiger partial charge in [-0.3, -0.25) is 19.4 Å². The minimum absolute atomic E-state index is 0.0892. The number of fused-ring (bicyclic) bond motifs is 1. The van der Waals surface area contributed by atoms with Gasteiger partial charge in [0.1, 0.15) is 5.69 Å². The summed E-state index contributed by atoms with van der Waals surface area (Å²) in [6, 6.07) is 1.94. The molecule has 31 heavy (non-hydrogen) atoms. The van der Waals surface area contributed by atoms with Crippen LogP contribution < -0.4 is 5.32 Å². The van der Waals surface area contributed by atoms with E-state index in [0.29, 0.717) is 31.6 Å². The zero-order chi connectivity index (χ0) is 22.4. The van der Waals surface area contributed by atoms with Crippen molar-refractivity contribution in [1.29, 1.82) is 0 Å². The molecular formula is C21H27N5O5. The van der Waals surface area contributed by atoms with Crippen LogP contribution in [0.5, 0.6) is 0 Å². The number of aryl methyl sites for hydroxylation is 1. The lowest BCUT2D eigenvalue weighted by atomic mass is 9.82. The van der Waals surface area contributed by atoms with Gasteiger partial charge in [-0.25, -0.2) is 4.98 Å². The van der Waals surface area contributed by atoms with Crippen molar-refractivity contribution < 1.29 is 24.2 Å². The molecule has 2 amide bonds. The Morgan fingerprint density at radius 2 is 2.03 bits per heavy atom. The predicted molar refractivity (Wildman–Crippen MR) is 110 cm³/mol. The summed E-state index contributed by atoms with van der Waals surface area (Å²) in [7, 11) is 1.63. The fourth-order valence-corrected chi connectivity index (χ4v) is 4.22. The number of rotatable bonds is 4. The van der Waals surface area contributed by atoms with E-state index in [1.54, 1.807) is 7.11 Å². The van der Waals surface area contributed by atoms with Crippen molar-refractivity contribution in [3.05, 3.63) is 47.3 Å². The largest absolute Gasteiger partial charge is 0.483 e. The molecule has 1 aliphatic carbocycles. The molecule has 10 heteroatoms. The summed E-state index contributed by atoms with van der Waals surface area (Å²) < 4.78 is 5.62. The molecule has 10 nitrogen and oxygen atoms in total. The van der Waals surface area contributed by atoms with E-state index in [1.807, 2.05) is 18.0 Å². The zero-order valence-corrected chi connectivity index (χ0v) is 17.6. The maximum absolute atomic E-state index is 13.1. The molecule has 1 fully saturated rings. The van der Waals surface area contributed by atoms with Gasteiger partial charge in [-0.1, -0.05) is 0 Å². The molecule has 1 saturated carbocycles. The number of aromatic amines is 1. The minimum Gasteiger partial charge on any atom is -0.483 e. The number of amides is 2. The number of ether oxygens (including phenoxy) is 1. The van der Waals surface area contributed by atoms with Crippen LogP contribution in [0.2, 0.25) is 0 Å².